The minimum Gasteiger partial charge on any atom is -0.306 e. The van der Waals surface area contributed by atoms with Crippen LogP contribution in [0.5, 0.6) is 0 Å². The minimum atomic E-state index is -0.0568. The highest BCUT2D eigenvalue weighted by Crippen LogP contribution is 2.28. The number of fused-ring (bicyclic) bond motifs is 1. The molecule has 0 saturated heterocycles. The maximum atomic E-state index is 12.1. The lowest BCUT2D eigenvalue weighted by molar-refractivity contribution is 0.0984. The first-order chi connectivity index (χ1) is 7.86. The lowest BCUT2D eigenvalue weighted by Crippen LogP contribution is -2.29. The first-order valence-corrected chi connectivity index (χ1v) is 5.87. The molecule has 3 rings (SSSR count). The van der Waals surface area contributed by atoms with Crippen LogP contribution < -0.4 is 4.90 Å². The molecular formula is C11H9N3OS. The molecular weight excluding hydrogens is 222 g/mol. The van der Waals surface area contributed by atoms with Crippen LogP contribution in [0, 0.1) is 0 Å². The van der Waals surface area contributed by atoms with Crippen LogP contribution in [0.2, 0.25) is 0 Å². The molecule has 1 aliphatic rings. The number of para-hydroxylation sites is 1. The third kappa shape index (κ3) is 1.40. The van der Waals surface area contributed by atoms with E-state index in [1.165, 1.54) is 17.1 Å². The Labute approximate surface area is 96.7 Å². The Bertz CT molecular complexity index is 524. The van der Waals surface area contributed by atoms with Crippen molar-refractivity contribution < 1.29 is 4.79 Å². The summed E-state index contributed by atoms with van der Waals surface area (Å²) in [6, 6.07) is 7.98. The average molecular weight is 231 g/mol. The number of aromatic nitrogens is 2. The van der Waals surface area contributed by atoms with Gasteiger partial charge in [-0.1, -0.05) is 22.7 Å². The van der Waals surface area contributed by atoms with E-state index in [9.17, 15) is 4.79 Å². The van der Waals surface area contributed by atoms with Crippen LogP contribution in [0.1, 0.15) is 16.1 Å². The fourth-order valence-electron chi connectivity index (χ4n) is 1.95. The summed E-state index contributed by atoms with van der Waals surface area (Å²) < 4.78 is 3.71. The molecule has 2 aromatic rings. The Hall–Kier alpha value is -1.75. The molecule has 0 unspecified atom stereocenters. The van der Waals surface area contributed by atoms with Gasteiger partial charge in [0.1, 0.15) is 0 Å². The predicted molar refractivity (Wildman–Crippen MR) is 61.7 cm³/mol. The molecule has 4 nitrogen and oxygen atoms in total. The molecule has 1 aromatic heterocycles. The van der Waals surface area contributed by atoms with E-state index in [0.717, 1.165) is 18.7 Å². The number of hydrogen-bond acceptors (Lipinski definition) is 4. The molecule has 16 heavy (non-hydrogen) atoms. The highest BCUT2D eigenvalue weighted by Gasteiger charge is 2.26. The van der Waals surface area contributed by atoms with E-state index in [0.29, 0.717) is 5.69 Å². The first kappa shape index (κ1) is 9.47. The SMILES string of the molecule is O=C(c1csnn1)N1CCc2ccccc21. The molecule has 0 bridgehead atoms. The summed E-state index contributed by atoms with van der Waals surface area (Å²) in [5.41, 5.74) is 2.65. The van der Waals surface area contributed by atoms with Crippen molar-refractivity contribution in [1.82, 2.24) is 9.59 Å². The van der Waals surface area contributed by atoms with Crippen molar-refractivity contribution in [3.63, 3.8) is 0 Å². The monoisotopic (exact) mass is 231 g/mol. The van der Waals surface area contributed by atoms with Gasteiger partial charge in [0.15, 0.2) is 5.69 Å². The van der Waals surface area contributed by atoms with E-state index < -0.39 is 0 Å². The van der Waals surface area contributed by atoms with Crippen LogP contribution in [0.4, 0.5) is 5.69 Å². The van der Waals surface area contributed by atoms with Crippen molar-refractivity contribution in [2.75, 3.05) is 11.4 Å². The Balaban J connectivity index is 1.96. The first-order valence-electron chi connectivity index (χ1n) is 5.03. The number of carbonyl (C=O) groups is 1. The number of benzene rings is 1. The highest BCUT2D eigenvalue weighted by molar-refractivity contribution is 7.03. The van der Waals surface area contributed by atoms with E-state index in [1.807, 2.05) is 18.2 Å². The second-order valence-electron chi connectivity index (χ2n) is 3.63. The van der Waals surface area contributed by atoms with Gasteiger partial charge in [-0.25, -0.2) is 0 Å². The van der Waals surface area contributed by atoms with Gasteiger partial charge in [0.05, 0.1) is 0 Å². The number of carbonyl (C=O) groups excluding carboxylic acids is 1. The lowest BCUT2D eigenvalue weighted by Gasteiger charge is -2.15. The quantitative estimate of drug-likeness (QED) is 0.751. The van der Waals surface area contributed by atoms with Gasteiger partial charge in [0.25, 0.3) is 5.91 Å². The van der Waals surface area contributed by atoms with E-state index >= 15 is 0 Å². The summed E-state index contributed by atoms with van der Waals surface area (Å²) in [7, 11) is 0. The Morgan fingerprint density at radius 3 is 3.06 bits per heavy atom. The van der Waals surface area contributed by atoms with Gasteiger partial charge < -0.3 is 4.90 Å². The molecule has 1 amide bonds. The van der Waals surface area contributed by atoms with Crippen LogP contribution in [0.15, 0.2) is 29.6 Å². The summed E-state index contributed by atoms with van der Waals surface area (Å²) in [6.07, 6.45) is 0.916. The predicted octanol–water partition coefficient (Wildman–Crippen LogP) is 1.74. The van der Waals surface area contributed by atoms with Gasteiger partial charge in [-0.15, -0.1) is 5.10 Å². The zero-order valence-corrected chi connectivity index (χ0v) is 9.28. The molecule has 0 atom stereocenters. The van der Waals surface area contributed by atoms with Crippen LogP contribution in [-0.2, 0) is 6.42 Å². The van der Waals surface area contributed by atoms with Gasteiger partial charge in [0, 0.05) is 17.6 Å². The summed E-state index contributed by atoms with van der Waals surface area (Å²) in [4.78, 5) is 13.9. The van der Waals surface area contributed by atoms with Crippen LogP contribution in [0.3, 0.4) is 0 Å². The smallest absolute Gasteiger partial charge is 0.279 e. The number of hydrogen-bond donors (Lipinski definition) is 0. The Kier molecular flexibility index (Phi) is 2.18. The highest BCUT2D eigenvalue weighted by atomic mass is 32.1. The van der Waals surface area contributed by atoms with E-state index in [1.54, 1.807) is 10.3 Å². The fraction of sp³-hybridized carbons (Fsp3) is 0.182. The molecule has 2 heterocycles. The maximum absolute atomic E-state index is 12.1. The average Bonchev–Trinajstić information content (AvgIpc) is 2.98. The topological polar surface area (TPSA) is 46.1 Å². The summed E-state index contributed by atoms with van der Waals surface area (Å²) >= 11 is 1.20. The molecule has 0 spiro atoms. The van der Waals surface area contributed by atoms with Crippen molar-refractivity contribution in [3.05, 3.63) is 40.9 Å². The standard InChI is InChI=1S/C11H9N3OS/c15-11(9-7-16-13-12-9)14-6-5-8-3-1-2-4-10(8)14/h1-4,7H,5-6H2. The number of rotatable bonds is 1. The largest absolute Gasteiger partial charge is 0.306 e. The normalized spacial score (nSPS) is 13.9. The minimum absolute atomic E-state index is 0.0568. The second kappa shape index (κ2) is 3.68. The van der Waals surface area contributed by atoms with Crippen molar-refractivity contribution in [2.45, 2.75) is 6.42 Å². The lowest BCUT2D eigenvalue weighted by atomic mass is 10.2. The van der Waals surface area contributed by atoms with Crippen molar-refractivity contribution >= 4 is 23.1 Å². The molecule has 0 radical (unpaired) electrons. The zero-order chi connectivity index (χ0) is 11.0. The van der Waals surface area contributed by atoms with Gasteiger partial charge in [0.2, 0.25) is 0 Å². The molecule has 0 N–H and O–H groups in total. The Morgan fingerprint density at radius 2 is 2.25 bits per heavy atom. The number of amides is 1. The molecule has 80 valence electrons. The van der Waals surface area contributed by atoms with E-state index in [4.69, 9.17) is 0 Å². The number of nitrogens with zero attached hydrogens (tertiary/aromatic N) is 3. The van der Waals surface area contributed by atoms with Gasteiger partial charge in [-0.2, -0.15) is 0 Å². The Morgan fingerprint density at radius 1 is 1.38 bits per heavy atom. The third-order valence-electron chi connectivity index (χ3n) is 2.71. The molecule has 5 heteroatoms. The van der Waals surface area contributed by atoms with Crippen LogP contribution in [0.25, 0.3) is 0 Å². The summed E-state index contributed by atoms with van der Waals surface area (Å²) in [6.45, 7) is 0.732. The molecule has 1 aromatic carbocycles. The molecule has 1 aliphatic heterocycles. The van der Waals surface area contributed by atoms with Gasteiger partial charge in [-0.05, 0) is 29.6 Å². The van der Waals surface area contributed by atoms with Crippen molar-refractivity contribution in [1.29, 1.82) is 0 Å². The fourth-order valence-corrected chi connectivity index (χ4v) is 2.38. The molecule has 0 fully saturated rings. The number of anilines is 1. The van der Waals surface area contributed by atoms with Crippen molar-refractivity contribution in [2.24, 2.45) is 0 Å². The van der Waals surface area contributed by atoms with Crippen molar-refractivity contribution in [3.8, 4) is 0 Å². The summed E-state index contributed by atoms with van der Waals surface area (Å²) in [5.74, 6) is -0.0568. The summed E-state index contributed by atoms with van der Waals surface area (Å²) in [5, 5.41) is 5.49. The zero-order valence-electron chi connectivity index (χ0n) is 8.46. The third-order valence-corrected chi connectivity index (χ3v) is 3.22. The maximum Gasteiger partial charge on any atom is 0.279 e. The molecule has 0 saturated carbocycles. The van der Waals surface area contributed by atoms with Gasteiger partial charge in [-0.3, -0.25) is 4.79 Å². The van der Waals surface area contributed by atoms with E-state index in [2.05, 4.69) is 15.7 Å². The molecule has 0 aliphatic carbocycles. The van der Waals surface area contributed by atoms with Crippen LogP contribution >= 0.6 is 11.5 Å². The van der Waals surface area contributed by atoms with Gasteiger partial charge >= 0.3 is 0 Å². The van der Waals surface area contributed by atoms with Crippen LogP contribution in [-0.4, -0.2) is 22.0 Å². The second-order valence-corrected chi connectivity index (χ2v) is 4.24. The van der Waals surface area contributed by atoms with E-state index in [-0.39, 0.29) is 5.91 Å².